The first kappa shape index (κ1) is 21.6. The molecule has 1 aromatic carbocycles. The van der Waals surface area contributed by atoms with Crippen LogP contribution in [0.4, 0.5) is 4.39 Å². The Kier molecular flexibility index (Phi) is 7.47. The highest BCUT2D eigenvalue weighted by Gasteiger charge is 2.31. The molecule has 1 saturated heterocycles. The molecular weight excluding hydrogens is 373 g/mol. The van der Waals surface area contributed by atoms with E-state index in [4.69, 9.17) is 4.74 Å². The number of hydrogen-bond acceptors (Lipinski definition) is 4. The van der Waals surface area contributed by atoms with Crippen LogP contribution in [0.1, 0.15) is 39.0 Å². The van der Waals surface area contributed by atoms with E-state index in [0.717, 1.165) is 12.8 Å². The lowest BCUT2D eigenvalue weighted by Crippen LogP contribution is -2.56. The van der Waals surface area contributed by atoms with Gasteiger partial charge in [-0.2, -0.15) is 0 Å². The van der Waals surface area contributed by atoms with Crippen molar-refractivity contribution in [3.05, 3.63) is 30.1 Å². The van der Waals surface area contributed by atoms with E-state index >= 15 is 0 Å². The topological polar surface area (TPSA) is 53.1 Å². The van der Waals surface area contributed by atoms with Gasteiger partial charge in [-0.15, -0.1) is 0 Å². The van der Waals surface area contributed by atoms with Gasteiger partial charge in [0.05, 0.1) is 6.04 Å². The second-order valence-electron chi connectivity index (χ2n) is 8.08. The standard InChI is InChI=1S/C22H32FN3O3/c1-17(22(28)24(2)19-6-4-3-5-7-19)25-12-14-26(15-13-25)21(27)16-29-20-10-8-18(23)9-11-20/h8-11,17,19H,3-7,12-16H2,1-2H3. The second kappa shape index (κ2) is 10.1. The molecule has 1 heterocycles. The fraction of sp³-hybridized carbons (Fsp3) is 0.636. The fourth-order valence-electron chi connectivity index (χ4n) is 4.22. The van der Waals surface area contributed by atoms with Crippen molar-refractivity contribution in [2.24, 2.45) is 0 Å². The van der Waals surface area contributed by atoms with E-state index in [1.54, 1.807) is 4.90 Å². The Balaban J connectivity index is 1.43. The first-order valence-corrected chi connectivity index (χ1v) is 10.6. The van der Waals surface area contributed by atoms with Crippen LogP contribution in [-0.2, 0) is 9.59 Å². The molecule has 1 aliphatic heterocycles. The Morgan fingerprint density at radius 3 is 2.34 bits per heavy atom. The van der Waals surface area contributed by atoms with E-state index in [1.807, 2.05) is 18.9 Å². The molecule has 29 heavy (non-hydrogen) atoms. The predicted octanol–water partition coefficient (Wildman–Crippen LogP) is 2.53. The highest BCUT2D eigenvalue weighted by atomic mass is 19.1. The van der Waals surface area contributed by atoms with Crippen molar-refractivity contribution in [2.75, 3.05) is 39.8 Å². The van der Waals surface area contributed by atoms with Gasteiger partial charge in [-0.3, -0.25) is 14.5 Å². The summed E-state index contributed by atoms with van der Waals surface area (Å²) in [5, 5.41) is 0. The number of halogens is 1. The normalized spacial score (nSPS) is 19.6. The quantitative estimate of drug-likeness (QED) is 0.730. The number of ether oxygens (including phenoxy) is 1. The van der Waals surface area contributed by atoms with Crippen LogP contribution in [0.25, 0.3) is 0 Å². The number of amides is 2. The average Bonchev–Trinajstić information content (AvgIpc) is 2.77. The third kappa shape index (κ3) is 5.69. The number of nitrogens with zero attached hydrogens (tertiary/aromatic N) is 3. The van der Waals surface area contributed by atoms with Crippen LogP contribution in [-0.4, -0.2) is 78.4 Å². The molecule has 1 aliphatic carbocycles. The molecule has 2 aliphatic rings. The molecule has 3 rings (SSSR count). The first-order chi connectivity index (χ1) is 14.0. The lowest BCUT2D eigenvalue weighted by atomic mass is 9.94. The van der Waals surface area contributed by atoms with Crippen LogP contribution >= 0.6 is 0 Å². The van der Waals surface area contributed by atoms with Gasteiger partial charge in [-0.25, -0.2) is 4.39 Å². The summed E-state index contributed by atoms with van der Waals surface area (Å²) in [4.78, 5) is 31.2. The Bertz CT molecular complexity index is 683. The van der Waals surface area contributed by atoms with Gasteiger partial charge in [0.25, 0.3) is 5.91 Å². The largest absolute Gasteiger partial charge is 0.484 e. The van der Waals surface area contributed by atoms with E-state index in [-0.39, 0.29) is 30.3 Å². The minimum Gasteiger partial charge on any atom is -0.484 e. The molecule has 0 N–H and O–H groups in total. The molecule has 0 radical (unpaired) electrons. The SMILES string of the molecule is CC(C(=O)N(C)C1CCCCC1)N1CCN(C(=O)COc2ccc(F)cc2)CC1. The third-order valence-electron chi connectivity index (χ3n) is 6.22. The van der Waals surface area contributed by atoms with Crippen molar-refractivity contribution in [3.8, 4) is 5.75 Å². The van der Waals surface area contributed by atoms with Gasteiger partial charge in [0, 0.05) is 39.3 Å². The van der Waals surface area contributed by atoms with Gasteiger partial charge < -0.3 is 14.5 Å². The minimum absolute atomic E-state index is 0.0649. The minimum atomic E-state index is -0.336. The smallest absolute Gasteiger partial charge is 0.260 e. The van der Waals surface area contributed by atoms with Gasteiger partial charge in [0.1, 0.15) is 11.6 Å². The van der Waals surface area contributed by atoms with Crippen molar-refractivity contribution in [3.63, 3.8) is 0 Å². The van der Waals surface area contributed by atoms with Crippen LogP contribution in [0.5, 0.6) is 5.75 Å². The summed E-state index contributed by atoms with van der Waals surface area (Å²) in [5.74, 6) is 0.226. The zero-order chi connectivity index (χ0) is 20.8. The molecule has 0 bridgehead atoms. The van der Waals surface area contributed by atoms with E-state index in [0.29, 0.717) is 38.0 Å². The van der Waals surface area contributed by atoms with Crippen molar-refractivity contribution < 1.29 is 18.7 Å². The van der Waals surface area contributed by atoms with Crippen LogP contribution in [0.2, 0.25) is 0 Å². The zero-order valence-corrected chi connectivity index (χ0v) is 17.5. The summed E-state index contributed by atoms with van der Waals surface area (Å²) >= 11 is 0. The number of carbonyl (C=O) groups excluding carboxylic acids is 2. The van der Waals surface area contributed by atoms with Crippen molar-refractivity contribution in [2.45, 2.75) is 51.1 Å². The highest BCUT2D eigenvalue weighted by Crippen LogP contribution is 2.23. The van der Waals surface area contributed by atoms with Crippen molar-refractivity contribution >= 4 is 11.8 Å². The van der Waals surface area contributed by atoms with E-state index in [1.165, 1.54) is 43.5 Å². The second-order valence-corrected chi connectivity index (χ2v) is 8.08. The molecule has 1 atom stereocenters. The maximum absolute atomic E-state index is 12.9. The molecular formula is C22H32FN3O3. The molecule has 1 saturated carbocycles. The summed E-state index contributed by atoms with van der Waals surface area (Å²) in [7, 11) is 1.93. The molecule has 1 unspecified atom stereocenters. The molecule has 0 spiro atoms. The number of rotatable bonds is 6. The first-order valence-electron chi connectivity index (χ1n) is 10.6. The third-order valence-corrected chi connectivity index (χ3v) is 6.22. The molecule has 1 aromatic rings. The van der Waals surface area contributed by atoms with Gasteiger partial charge >= 0.3 is 0 Å². The Morgan fingerprint density at radius 1 is 1.10 bits per heavy atom. The molecule has 0 aromatic heterocycles. The molecule has 7 heteroatoms. The lowest BCUT2D eigenvalue weighted by Gasteiger charge is -2.40. The summed E-state index contributed by atoms with van der Waals surface area (Å²) in [6.45, 7) is 4.41. The molecule has 2 amide bonds. The monoisotopic (exact) mass is 405 g/mol. The van der Waals surface area contributed by atoms with Crippen LogP contribution in [0.15, 0.2) is 24.3 Å². The van der Waals surface area contributed by atoms with Gasteiger partial charge in [0.15, 0.2) is 6.61 Å². The van der Waals surface area contributed by atoms with E-state index < -0.39 is 0 Å². The Labute approximate surface area is 172 Å². The van der Waals surface area contributed by atoms with E-state index in [2.05, 4.69) is 4.90 Å². The molecule has 160 valence electrons. The molecule has 6 nitrogen and oxygen atoms in total. The van der Waals surface area contributed by atoms with Gasteiger partial charge in [-0.1, -0.05) is 19.3 Å². The fourth-order valence-corrected chi connectivity index (χ4v) is 4.22. The van der Waals surface area contributed by atoms with Gasteiger partial charge in [0.2, 0.25) is 5.91 Å². The summed E-state index contributed by atoms with van der Waals surface area (Å²) < 4.78 is 18.4. The maximum atomic E-state index is 12.9. The maximum Gasteiger partial charge on any atom is 0.260 e. The number of piperazine rings is 1. The zero-order valence-electron chi connectivity index (χ0n) is 17.5. The Morgan fingerprint density at radius 2 is 1.72 bits per heavy atom. The summed E-state index contributed by atoms with van der Waals surface area (Å²) in [5.41, 5.74) is 0. The number of hydrogen-bond donors (Lipinski definition) is 0. The highest BCUT2D eigenvalue weighted by molar-refractivity contribution is 5.81. The predicted molar refractivity (Wildman–Crippen MR) is 109 cm³/mol. The summed E-state index contributed by atoms with van der Waals surface area (Å²) in [6.07, 6.45) is 5.89. The molecule has 2 fully saturated rings. The number of benzene rings is 1. The van der Waals surface area contributed by atoms with Crippen molar-refractivity contribution in [1.82, 2.24) is 14.7 Å². The summed E-state index contributed by atoms with van der Waals surface area (Å²) in [6, 6.07) is 5.83. The number of carbonyl (C=O) groups is 2. The Hall–Kier alpha value is -2.15. The lowest BCUT2D eigenvalue weighted by molar-refractivity contribution is -0.140. The van der Waals surface area contributed by atoms with Crippen LogP contribution in [0, 0.1) is 5.82 Å². The number of likely N-dealkylation sites (N-methyl/N-ethyl adjacent to an activating group) is 1. The van der Waals surface area contributed by atoms with Gasteiger partial charge in [-0.05, 0) is 44.0 Å². The van der Waals surface area contributed by atoms with E-state index in [9.17, 15) is 14.0 Å². The average molecular weight is 406 g/mol. The van der Waals surface area contributed by atoms with Crippen molar-refractivity contribution in [1.29, 1.82) is 0 Å². The van der Waals surface area contributed by atoms with Crippen LogP contribution in [0.3, 0.4) is 0 Å². The van der Waals surface area contributed by atoms with Crippen LogP contribution < -0.4 is 4.74 Å².